The fourth-order valence-corrected chi connectivity index (χ4v) is 6.37. The molecule has 230 valence electrons. The van der Waals surface area contributed by atoms with Crippen LogP contribution in [0.4, 0.5) is 0 Å². The van der Waals surface area contributed by atoms with E-state index in [1.807, 2.05) is 43.4 Å². The summed E-state index contributed by atoms with van der Waals surface area (Å²) >= 11 is 0. The monoisotopic (exact) mass is 620 g/mol. The highest BCUT2D eigenvalue weighted by molar-refractivity contribution is 5.85. The molecule has 8 aromatic rings. The summed E-state index contributed by atoms with van der Waals surface area (Å²) in [5, 5.41) is 0. The maximum absolute atomic E-state index is 12.6. The summed E-state index contributed by atoms with van der Waals surface area (Å²) in [6.45, 7) is 0. The Kier molecular flexibility index (Phi) is 7.35. The number of aromatic nitrogens is 4. The van der Waals surface area contributed by atoms with E-state index in [1.54, 1.807) is 16.2 Å². The third-order valence-corrected chi connectivity index (χ3v) is 8.96. The highest BCUT2D eigenvalue weighted by Gasteiger charge is 2.15. The van der Waals surface area contributed by atoms with Gasteiger partial charge in [0.25, 0.3) is 0 Å². The normalized spacial score (nSPS) is 11.2. The zero-order valence-corrected chi connectivity index (χ0v) is 26.7. The second-order valence-corrected chi connectivity index (χ2v) is 12.0. The summed E-state index contributed by atoms with van der Waals surface area (Å²) in [6.07, 6.45) is 0. The predicted molar refractivity (Wildman–Crippen MR) is 196 cm³/mol. The summed E-state index contributed by atoms with van der Waals surface area (Å²) < 4.78 is 3.37. The molecule has 0 atom stereocenters. The van der Waals surface area contributed by atoms with Crippen LogP contribution in [0.5, 0.6) is 0 Å². The molecule has 2 heterocycles. The van der Waals surface area contributed by atoms with Gasteiger partial charge in [0, 0.05) is 30.8 Å². The van der Waals surface area contributed by atoms with Gasteiger partial charge in [0.05, 0.1) is 22.4 Å². The first kappa shape index (κ1) is 29.1. The van der Waals surface area contributed by atoms with Gasteiger partial charge in [-0.1, -0.05) is 115 Å². The van der Waals surface area contributed by atoms with E-state index in [-0.39, 0.29) is 5.69 Å². The molecule has 0 radical (unpaired) electrons. The van der Waals surface area contributed by atoms with Crippen molar-refractivity contribution in [3.8, 4) is 67.3 Å². The quantitative estimate of drug-likeness (QED) is 0.186. The van der Waals surface area contributed by atoms with Crippen LogP contribution in [0.15, 0.2) is 163 Å². The number of hydrogen-bond acceptors (Lipinski definition) is 3. The number of benzene rings is 6. The first-order chi connectivity index (χ1) is 23.5. The van der Waals surface area contributed by atoms with Crippen LogP contribution in [0.25, 0.3) is 78.3 Å². The highest BCUT2D eigenvalue weighted by atomic mass is 16.1. The molecule has 48 heavy (non-hydrogen) atoms. The second kappa shape index (κ2) is 12.1. The van der Waals surface area contributed by atoms with Crippen molar-refractivity contribution in [3.63, 3.8) is 0 Å². The molecular weight excluding hydrogens is 589 g/mol. The molecule has 0 spiro atoms. The molecule has 8 rings (SSSR count). The van der Waals surface area contributed by atoms with Gasteiger partial charge < -0.3 is 0 Å². The molecule has 0 fully saturated rings. The van der Waals surface area contributed by atoms with E-state index in [2.05, 4.69) is 121 Å². The van der Waals surface area contributed by atoms with Crippen molar-refractivity contribution < 1.29 is 0 Å². The van der Waals surface area contributed by atoms with Crippen LogP contribution < -0.4 is 5.69 Å². The van der Waals surface area contributed by atoms with E-state index in [4.69, 9.17) is 9.97 Å². The Bertz CT molecular complexity index is 2420. The third-order valence-electron chi connectivity index (χ3n) is 8.96. The molecule has 0 aliphatic heterocycles. The highest BCUT2D eigenvalue weighted by Crippen LogP contribution is 2.35. The molecule has 0 amide bonds. The molecule has 0 N–H and O–H groups in total. The van der Waals surface area contributed by atoms with Gasteiger partial charge in [-0.15, -0.1) is 0 Å². The Balaban J connectivity index is 1.30. The van der Waals surface area contributed by atoms with Gasteiger partial charge in [0.15, 0.2) is 5.82 Å². The first-order valence-electron chi connectivity index (χ1n) is 16.0. The second-order valence-electron chi connectivity index (χ2n) is 12.0. The van der Waals surface area contributed by atoms with Crippen molar-refractivity contribution in [2.45, 2.75) is 0 Å². The van der Waals surface area contributed by atoms with E-state index in [0.717, 1.165) is 72.5 Å². The minimum Gasteiger partial charge on any atom is -0.295 e. The standard InChI is InChI=1S/C43H32N4O/c1-46-40-22-21-33(27-41(40)47(2)43(46)48)32-19-12-20-34(23-32)38-28-39(45-42(44-38)31-17-10-5-11-18-31)37-25-35(29-13-6-3-7-14-29)24-36(26-37)30-15-8-4-9-16-30/h3-28H,1-2H3. The van der Waals surface area contributed by atoms with Gasteiger partial charge in [0.2, 0.25) is 0 Å². The average Bonchev–Trinajstić information content (AvgIpc) is 3.38. The Morgan fingerprint density at radius 2 is 0.833 bits per heavy atom. The van der Waals surface area contributed by atoms with Crippen LogP contribution in [0.3, 0.4) is 0 Å². The molecule has 5 heteroatoms. The number of aryl methyl sites for hydroxylation is 2. The molecule has 0 bridgehead atoms. The summed E-state index contributed by atoms with van der Waals surface area (Å²) in [4.78, 5) is 22.9. The Hall–Kier alpha value is -6.33. The average molecular weight is 621 g/mol. The van der Waals surface area contributed by atoms with Crippen LogP contribution in [0, 0.1) is 0 Å². The first-order valence-corrected chi connectivity index (χ1v) is 16.0. The van der Waals surface area contributed by atoms with E-state index in [0.29, 0.717) is 5.82 Å². The maximum Gasteiger partial charge on any atom is 0.328 e. The number of hydrogen-bond donors (Lipinski definition) is 0. The van der Waals surface area contributed by atoms with E-state index in [1.165, 1.54) is 0 Å². The number of imidazole rings is 1. The van der Waals surface area contributed by atoms with Crippen molar-refractivity contribution in [1.29, 1.82) is 0 Å². The molecule has 0 aliphatic carbocycles. The lowest BCUT2D eigenvalue weighted by atomic mass is 9.94. The fourth-order valence-electron chi connectivity index (χ4n) is 6.37. The van der Waals surface area contributed by atoms with Crippen molar-refractivity contribution >= 4 is 11.0 Å². The van der Waals surface area contributed by atoms with Crippen molar-refractivity contribution in [2.24, 2.45) is 14.1 Å². The smallest absolute Gasteiger partial charge is 0.295 e. The largest absolute Gasteiger partial charge is 0.328 e. The summed E-state index contributed by atoms with van der Waals surface area (Å²) in [5.41, 5.74) is 13.0. The molecule has 6 aromatic carbocycles. The summed E-state index contributed by atoms with van der Waals surface area (Å²) in [6, 6.07) is 54.5. The number of rotatable bonds is 6. The van der Waals surface area contributed by atoms with E-state index >= 15 is 0 Å². The van der Waals surface area contributed by atoms with Crippen molar-refractivity contribution in [1.82, 2.24) is 19.1 Å². The van der Waals surface area contributed by atoms with Crippen LogP contribution >= 0.6 is 0 Å². The van der Waals surface area contributed by atoms with Crippen molar-refractivity contribution in [2.75, 3.05) is 0 Å². The Morgan fingerprint density at radius 1 is 0.375 bits per heavy atom. The summed E-state index contributed by atoms with van der Waals surface area (Å²) in [7, 11) is 3.62. The fraction of sp³-hybridized carbons (Fsp3) is 0.0465. The molecule has 2 aromatic heterocycles. The predicted octanol–water partition coefficient (Wildman–Crippen LogP) is 9.67. The number of nitrogens with zero attached hydrogens (tertiary/aromatic N) is 4. The van der Waals surface area contributed by atoms with Crippen LogP contribution in [0.1, 0.15) is 0 Å². The lowest BCUT2D eigenvalue weighted by Crippen LogP contribution is -2.19. The van der Waals surface area contributed by atoms with Gasteiger partial charge >= 0.3 is 5.69 Å². The van der Waals surface area contributed by atoms with E-state index < -0.39 is 0 Å². The van der Waals surface area contributed by atoms with Gasteiger partial charge in [-0.05, 0) is 75.8 Å². The summed E-state index contributed by atoms with van der Waals surface area (Å²) in [5.74, 6) is 0.667. The Morgan fingerprint density at radius 3 is 1.46 bits per heavy atom. The molecule has 0 saturated carbocycles. The van der Waals surface area contributed by atoms with Crippen LogP contribution in [-0.2, 0) is 14.1 Å². The minimum atomic E-state index is -0.0374. The minimum absolute atomic E-state index is 0.0374. The van der Waals surface area contributed by atoms with Gasteiger partial charge in [-0.25, -0.2) is 14.8 Å². The van der Waals surface area contributed by atoms with Gasteiger partial charge in [-0.2, -0.15) is 0 Å². The lowest BCUT2D eigenvalue weighted by molar-refractivity contribution is 0.795. The number of fused-ring (bicyclic) bond motifs is 1. The van der Waals surface area contributed by atoms with Gasteiger partial charge in [0.1, 0.15) is 0 Å². The maximum atomic E-state index is 12.6. The molecule has 5 nitrogen and oxygen atoms in total. The van der Waals surface area contributed by atoms with Crippen LogP contribution in [-0.4, -0.2) is 19.1 Å². The topological polar surface area (TPSA) is 52.7 Å². The molecular formula is C43H32N4O. The SMILES string of the molecule is Cn1c(=O)n(C)c2cc(-c3cccc(-c4cc(-c5cc(-c6ccccc6)cc(-c6ccccc6)c5)nc(-c5ccccc5)n4)c3)ccc21. The Labute approximate surface area is 279 Å². The zero-order chi connectivity index (χ0) is 32.6. The van der Waals surface area contributed by atoms with Gasteiger partial charge in [-0.3, -0.25) is 9.13 Å². The molecule has 0 unspecified atom stereocenters. The third kappa shape index (κ3) is 5.41. The van der Waals surface area contributed by atoms with Crippen molar-refractivity contribution in [3.05, 3.63) is 168 Å². The molecule has 0 saturated heterocycles. The molecule has 0 aliphatic rings. The van der Waals surface area contributed by atoms with E-state index in [9.17, 15) is 4.79 Å². The lowest BCUT2D eigenvalue weighted by Gasteiger charge is -2.13. The van der Waals surface area contributed by atoms with Crippen LogP contribution in [0.2, 0.25) is 0 Å². The zero-order valence-electron chi connectivity index (χ0n) is 26.7.